The maximum atomic E-state index is 14.3. The van der Waals surface area contributed by atoms with Gasteiger partial charge in [0.15, 0.2) is 17.4 Å². The van der Waals surface area contributed by atoms with Crippen molar-refractivity contribution in [2.45, 2.75) is 17.7 Å². The van der Waals surface area contributed by atoms with E-state index >= 15 is 0 Å². The molecule has 4 aromatic rings. The van der Waals surface area contributed by atoms with E-state index in [-0.39, 0.29) is 41.7 Å². The van der Waals surface area contributed by atoms with Crippen LogP contribution in [0.2, 0.25) is 0 Å². The maximum absolute atomic E-state index is 14.3. The van der Waals surface area contributed by atoms with Gasteiger partial charge in [0, 0.05) is 38.6 Å². The first-order chi connectivity index (χ1) is 20.3. The second kappa shape index (κ2) is 9.85. The second-order valence-electron chi connectivity index (χ2n) is 10.8. The Balaban J connectivity index is 1.29. The number of rotatable bonds is 5. The molecule has 0 unspecified atom stereocenters. The molecule has 10 nitrogen and oxygen atoms in total. The Labute approximate surface area is 242 Å². The van der Waals surface area contributed by atoms with Gasteiger partial charge in [-0.15, -0.1) is 0 Å². The molecule has 1 atom stereocenters. The lowest BCUT2D eigenvalue weighted by atomic mass is 9.65. The van der Waals surface area contributed by atoms with Gasteiger partial charge in [0.1, 0.15) is 23.0 Å². The lowest BCUT2D eigenvalue weighted by molar-refractivity contribution is 0.0770. The largest absolute Gasteiger partial charge is 0.488 e. The van der Waals surface area contributed by atoms with Crippen molar-refractivity contribution >= 4 is 27.7 Å². The van der Waals surface area contributed by atoms with E-state index in [2.05, 4.69) is 15.1 Å². The smallest absolute Gasteiger partial charge is 0.244 e. The van der Waals surface area contributed by atoms with E-state index in [0.29, 0.717) is 36.8 Å². The molecular formula is C30H27FN6O4S. The Bertz CT molecular complexity index is 1840. The number of nitrogens with zero attached hydrogens (tertiary/aromatic N) is 6. The molecule has 0 bridgehead atoms. The number of likely N-dealkylation sites (N-methyl/N-ethyl adjacent to an activating group) is 1. The second-order valence-corrected chi connectivity index (χ2v) is 12.7. The van der Waals surface area contributed by atoms with Crippen LogP contribution < -0.4 is 9.64 Å². The summed E-state index contributed by atoms with van der Waals surface area (Å²) in [5, 5.41) is 4.55. The first-order valence-electron chi connectivity index (χ1n) is 13.6. The van der Waals surface area contributed by atoms with Gasteiger partial charge in [0.05, 0.1) is 29.5 Å². The molecule has 2 aliphatic heterocycles. The lowest BCUT2D eigenvalue weighted by Crippen LogP contribution is -2.53. The minimum atomic E-state index is -4.02. The molecular weight excluding hydrogens is 559 g/mol. The van der Waals surface area contributed by atoms with Gasteiger partial charge in [-0.3, -0.25) is 9.78 Å². The number of sulfonamides is 1. The van der Waals surface area contributed by atoms with E-state index in [9.17, 15) is 17.6 Å². The van der Waals surface area contributed by atoms with Crippen LogP contribution in [-0.2, 0) is 16.4 Å². The van der Waals surface area contributed by atoms with Crippen LogP contribution in [0.3, 0.4) is 0 Å². The number of halogens is 1. The summed E-state index contributed by atoms with van der Waals surface area (Å²) in [6, 6.07) is 12.7. The molecule has 3 aliphatic rings. The maximum Gasteiger partial charge on any atom is 0.244 e. The van der Waals surface area contributed by atoms with Crippen LogP contribution >= 0.6 is 0 Å². The first-order valence-corrected chi connectivity index (χ1v) is 15.0. The number of ketones is 1. The van der Waals surface area contributed by atoms with Crippen LogP contribution in [0.1, 0.15) is 28.2 Å². The monoisotopic (exact) mass is 586 g/mol. The number of Topliss-reactive ketones (excluding diaryl/α,β-unsaturated/α-hetero) is 1. The Hall–Kier alpha value is -4.42. The zero-order valence-corrected chi connectivity index (χ0v) is 23.6. The molecule has 0 amide bonds. The molecule has 7 rings (SSSR count). The number of piperidine rings is 1. The van der Waals surface area contributed by atoms with Crippen molar-refractivity contribution < 1.29 is 22.3 Å². The summed E-state index contributed by atoms with van der Waals surface area (Å²) < 4.78 is 50.4. The number of carbonyl (C=O) groups is 1. The number of benzene rings is 1. The summed E-state index contributed by atoms with van der Waals surface area (Å²) in [5.41, 5.74) is 2.17. The normalized spacial score (nSPS) is 20.1. The van der Waals surface area contributed by atoms with Gasteiger partial charge >= 0.3 is 0 Å². The Morgan fingerprint density at radius 2 is 1.90 bits per heavy atom. The van der Waals surface area contributed by atoms with Crippen LogP contribution in [0.4, 0.5) is 10.2 Å². The fourth-order valence-corrected chi connectivity index (χ4v) is 7.51. The van der Waals surface area contributed by atoms with Crippen molar-refractivity contribution in [2.75, 3.05) is 38.2 Å². The lowest BCUT2D eigenvalue weighted by Gasteiger charge is -2.44. The molecule has 1 saturated heterocycles. The van der Waals surface area contributed by atoms with E-state index in [1.807, 2.05) is 18.0 Å². The minimum absolute atomic E-state index is 0.0186. The highest BCUT2D eigenvalue weighted by molar-refractivity contribution is 7.89. The van der Waals surface area contributed by atoms with Gasteiger partial charge in [0.2, 0.25) is 10.0 Å². The van der Waals surface area contributed by atoms with Crippen molar-refractivity contribution in [3.05, 3.63) is 95.5 Å². The molecule has 1 aliphatic carbocycles. The summed E-state index contributed by atoms with van der Waals surface area (Å²) in [6.07, 6.45) is 7.11. The van der Waals surface area contributed by atoms with Gasteiger partial charge in [-0.05, 0) is 60.9 Å². The van der Waals surface area contributed by atoms with E-state index in [4.69, 9.17) is 4.74 Å². The van der Waals surface area contributed by atoms with E-state index < -0.39 is 15.4 Å². The molecule has 1 aromatic carbocycles. The van der Waals surface area contributed by atoms with Gasteiger partial charge < -0.3 is 9.64 Å². The molecule has 0 spiro atoms. The van der Waals surface area contributed by atoms with E-state index in [0.717, 1.165) is 16.8 Å². The van der Waals surface area contributed by atoms with Crippen molar-refractivity contribution in [1.29, 1.82) is 0 Å². The average Bonchev–Trinajstić information content (AvgIpc) is 3.42. The summed E-state index contributed by atoms with van der Waals surface area (Å²) >= 11 is 0. The fraction of sp³-hybridized carbons (Fsp3) is 0.267. The fourth-order valence-electron chi connectivity index (χ4n) is 6.05. The van der Waals surface area contributed by atoms with Crippen LogP contribution in [0.25, 0.3) is 11.8 Å². The van der Waals surface area contributed by atoms with Crippen LogP contribution in [-0.4, -0.2) is 71.5 Å². The molecule has 3 aromatic heterocycles. The highest BCUT2D eigenvalue weighted by atomic mass is 32.2. The van der Waals surface area contributed by atoms with Gasteiger partial charge in [-0.1, -0.05) is 11.6 Å². The number of carbonyl (C=O) groups excluding carboxylic acids is 1. The quantitative estimate of drug-likeness (QED) is 0.327. The molecule has 5 heterocycles. The van der Waals surface area contributed by atoms with Crippen molar-refractivity contribution in [3.63, 3.8) is 0 Å². The van der Waals surface area contributed by atoms with Crippen LogP contribution in [0.5, 0.6) is 5.75 Å². The molecule has 42 heavy (non-hydrogen) atoms. The zero-order valence-electron chi connectivity index (χ0n) is 22.8. The Kier molecular flexibility index (Phi) is 6.21. The summed E-state index contributed by atoms with van der Waals surface area (Å²) in [5.74, 6) is 0.406. The molecule has 214 valence electrons. The number of hydrogen-bond donors (Lipinski definition) is 0. The number of ether oxygens (including phenoxy) is 1. The first kappa shape index (κ1) is 26.5. The van der Waals surface area contributed by atoms with Crippen LogP contribution in [0, 0.1) is 11.2 Å². The zero-order chi connectivity index (χ0) is 29.1. The predicted octanol–water partition coefficient (Wildman–Crippen LogP) is 3.53. The third-order valence-corrected chi connectivity index (χ3v) is 10.1. The molecule has 0 N–H and O–H groups in total. The molecule has 0 saturated carbocycles. The standard InChI is InChI=1S/C30H27FN6O4S/c1-35-12-13-41-27-15-24(18-33-29(27)35)42(39,40)36-11-9-21-14-26-20(17-34-37(26)23-7-5-22(31)6-8-23)16-30(21,19-36)28(38)25-4-2-3-10-32-25/h2-8,10,14-15,17-18H,9,11-13,16,19H2,1H3/t30-/m0/s1. The van der Waals surface area contributed by atoms with Crippen molar-refractivity contribution in [2.24, 2.45) is 5.41 Å². The summed E-state index contributed by atoms with van der Waals surface area (Å²) in [7, 11) is -2.14. The third kappa shape index (κ3) is 4.21. The van der Waals surface area contributed by atoms with Crippen molar-refractivity contribution in [3.8, 4) is 11.4 Å². The molecule has 12 heteroatoms. The van der Waals surface area contributed by atoms with E-state index in [1.165, 1.54) is 28.7 Å². The average molecular weight is 587 g/mol. The number of fused-ring (bicyclic) bond motifs is 3. The van der Waals surface area contributed by atoms with E-state index in [1.54, 1.807) is 47.4 Å². The number of anilines is 1. The highest BCUT2D eigenvalue weighted by Gasteiger charge is 2.51. The van der Waals surface area contributed by atoms with Gasteiger partial charge in [-0.2, -0.15) is 9.40 Å². The van der Waals surface area contributed by atoms with Crippen molar-refractivity contribution in [1.82, 2.24) is 24.1 Å². The predicted molar refractivity (Wildman–Crippen MR) is 153 cm³/mol. The van der Waals surface area contributed by atoms with Crippen LogP contribution in [0.15, 0.2) is 77.6 Å². The number of pyridine rings is 2. The summed E-state index contributed by atoms with van der Waals surface area (Å²) in [6.45, 7) is 1.21. The Morgan fingerprint density at radius 1 is 1.07 bits per heavy atom. The number of hydrogen-bond acceptors (Lipinski definition) is 8. The molecule has 0 radical (unpaired) electrons. The SMILES string of the molecule is CN1CCOc2cc(S(=O)(=O)N3CCC4=Cc5c(cnn5-c5ccc(F)cc5)C[C@]4(C(=O)c4ccccn4)C3)cnc21. The van der Waals surface area contributed by atoms with Gasteiger partial charge in [-0.25, -0.2) is 22.5 Å². The highest BCUT2D eigenvalue weighted by Crippen LogP contribution is 2.47. The summed E-state index contributed by atoms with van der Waals surface area (Å²) in [4.78, 5) is 24.9. The minimum Gasteiger partial charge on any atom is -0.488 e. The number of aromatic nitrogens is 4. The van der Waals surface area contributed by atoms with Gasteiger partial charge in [0.25, 0.3) is 0 Å². The Morgan fingerprint density at radius 3 is 2.69 bits per heavy atom. The third-order valence-electron chi connectivity index (χ3n) is 8.28. The topological polar surface area (TPSA) is 111 Å². The molecule has 1 fully saturated rings.